The maximum atomic E-state index is 12.9. The van der Waals surface area contributed by atoms with Gasteiger partial charge in [0.25, 0.3) is 11.8 Å². The zero-order chi connectivity index (χ0) is 31.1. The SMILES string of the molecule is N#Cc1c(Cl)cccc1Oc1ccc(NC(=O)c2cccc(C(=O)Nc3ccc(Oc4cccc(Cl)c4C#N)cc3)c2)cc1. The minimum atomic E-state index is -0.408. The van der Waals surface area contributed by atoms with E-state index in [0.29, 0.717) is 34.4 Å². The van der Waals surface area contributed by atoms with Crippen LogP contribution in [0.5, 0.6) is 23.0 Å². The van der Waals surface area contributed by atoms with E-state index in [1.807, 2.05) is 12.1 Å². The molecule has 0 aliphatic carbocycles. The van der Waals surface area contributed by atoms with E-state index in [4.69, 9.17) is 32.7 Å². The van der Waals surface area contributed by atoms with Gasteiger partial charge in [-0.15, -0.1) is 0 Å². The number of nitrogens with zero attached hydrogens (tertiary/aromatic N) is 2. The number of halogens is 2. The van der Waals surface area contributed by atoms with Crippen molar-refractivity contribution in [3.05, 3.63) is 141 Å². The number of nitrogens with one attached hydrogen (secondary N) is 2. The van der Waals surface area contributed by atoms with Crippen LogP contribution in [0.2, 0.25) is 10.0 Å². The number of anilines is 2. The highest BCUT2D eigenvalue weighted by Crippen LogP contribution is 2.31. The molecule has 5 aromatic carbocycles. The van der Waals surface area contributed by atoms with Gasteiger partial charge in [0.15, 0.2) is 0 Å². The second-order valence-corrected chi connectivity index (χ2v) is 10.0. The van der Waals surface area contributed by atoms with Crippen molar-refractivity contribution in [2.24, 2.45) is 0 Å². The van der Waals surface area contributed by atoms with E-state index < -0.39 is 11.8 Å². The Morgan fingerprint density at radius 3 is 1.34 bits per heavy atom. The lowest BCUT2D eigenvalue weighted by Crippen LogP contribution is -2.15. The Bertz CT molecular complexity index is 1810. The number of hydrogen-bond donors (Lipinski definition) is 2. The lowest BCUT2D eigenvalue weighted by molar-refractivity contribution is 0.102. The molecule has 0 aliphatic rings. The highest BCUT2D eigenvalue weighted by atomic mass is 35.5. The maximum Gasteiger partial charge on any atom is 0.255 e. The van der Waals surface area contributed by atoms with Gasteiger partial charge in [-0.05, 0) is 91.0 Å². The van der Waals surface area contributed by atoms with Gasteiger partial charge in [0, 0.05) is 22.5 Å². The molecule has 8 nitrogen and oxygen atoms in total. The van der Waals surface area contributed by atoms with Crippen LogP contribution in [0.1, 0.15) is 31.8 Å². The summed E-state index contributed by atoms with van der Waals surface area (Å²) in [5, 5.41) is 24.8. The van der Waals surface area contributed by atoms with E-state index >= 15 is 0 Å². The van der Waals surface area contributed by atoms with E-state index in [1.165, 1.54) is 6.07 Å². The van der Waals surface area contributed by atoms with Crippen molar-refractivity contribution >= 4 is 46.4 Å². The standard InChI is InChI=1S/C34H20Cl2N4O4/c35-29-6-2-8-31(27(29)19-37)43-25-14-10-23(11-15-25)39-33(41)21-4-1-5-22(18-21)34(42)40-24-12-16-26(17-13-24)44-32-9-3-7-30(36)28(32)20-38/h1-18H,(H,39,41)(H,40,42). The molecule has 0 aromatic heterocycles. The van der Waals surface area contributed by atoms with Gasteiger partial charge < -0.3 is 20.1 Å². The van der Waals surface area contributed by atoms with Crippen molar-refractivity contribution in [2.45, 2.75) is 0 Å². The van der Waals surface area contributed by atoms with Crippen molar-refractivity contribution in [2.75, 3.05) is 10.6 Å². The zero-order valence-electron chi connectivity index (χ0n) is 22.7. The van der Waals surface area contributed by atoms with Gasteiger partial charge in [-0.25, -0.2) is 0 Å². The largest absolute Gasteiger partial charge is 0.456 e. The number of benzene rings is 5. The number of hydrogen-bond acceptors (Lipinski definition) is 6. The molecule has 0 bridgehead atoms. The summed E-state index contributed by atoms with van der Waals surface area (Å²) in [5.41, 5.74) is 2.04. The third kappa shape index (κ3) is 6.97. The van der Waals surface area contributed by atoms with Crippen LogP contribution in [0, 0.1) is 22.7 Å². The molecule has 10 heteroatoms. The molecular weight excluding hydrogens is 599 g/mol. The van der Waals surface area contributed by atoms with Crippen molar-refractivity contribution < 1.29 is 19.1 Å². The number of carbonyl (C=O) groups excluding carboxylic acids is 2. The fourth-order valence-electron chi connectivity index (χ4n) is 4.07. The zero-order valence-corrected chi connectivity index (χ0v) is 24.2. The Morgan fingerprint density at radius 1 is 0.568 bits per heavy atom. The van der Waals surface area contributed by atoms with Gasteiger partial charge in [0.2, 0.25) is 0 Å². The van der Waals surface area contributed by atoms with Gasteiger partial charge in [-0.1, -0.05) is 41.4 Å². The lowest BCUT2D eigenvalue weighted by Gasteiger charge is -2.11. The van der Waals surface area contributed by atoms with Crippen molar-refractivity contribution in [1.82, 2.24) is 0 Å². The first-order valence-electron chi connectivity index (χ1n) is 13.0. The number of carbonyl (C=O) groups is 2. The number of nitriles is 2. The summed E-state index contributed by atoms with van der Waals surface area (Å²) in [6.45, 7) is 0. The minimum Gasteiger partial charge on any atom is -0.456 e. The molecule has 5 aromatic rings. The topological polar surface area (TPSA) is 124 Å². The Balaban J connectivity index is 1.20. The van der Waals surface area contributed by atoms with Crippen molar-refractivity contribution in [3.8, 4) is 35.1 Å². The predicted molar refractivity (Wildman–Crippen MR) is 168 cm³/mol. The molecule has 0 atom stereocenters. The lowest BCUT2D eigenvalue weighted by atomic mass is 10.1. The first-order chi connectivity index (χ1) is 21.3. The molecule has 0 radical (unpaired) electrons. The smallest absolute Gasteiger partial charge is 0.255 e. The Kier molecular flexibility index (Phi) is 9.07. The molecule has 5 rings (SSSR count). The van der Waals surface area contributed by atoms with Crippen molar-refractivity contribution in [3.63, 3.8) is 0 Å². The molecule has 0 aliphatic heterocycles. The first-order valence-corrected chi connectivity index (χ1v) is 13.8. The predicted octanol–water partition coefficient (Wildman–Crippen LogP) is 8.83. The summed E-state index contributed by atoms with van der Waals surface area (Å²) in [4.78, 5) is 25.9. The average molecular weight is 619 g/mol. The Morgan fingerprint density at radius 2 is 0.955 bits per heavy atom. The highest BCUT2D eigenvalue weighted by Gasteiger charge is 2.13. The van der Waals surface area contributed by atoms with E-state index in [1.54, 1.807) is 103 Å². The molecule has 0 fully saturated rings. The van der Waals surface area contributed by atoms with Gasteiger partial charge >= 0.3 is 0 Å². The summed E-state index contributed by atoms with van der Waals surface area (Å²) in [7, 11) is 0. The first kappa shape index (κ1) is 29.7. The molecule has 2 N–H and O–H groups in total. The van der Waals surface area contributed by atoms with Crippen LogP contribution in [-0.2, 0) is 0 Å². The van der Waals surface area contributed by atoms with Crippen LogP contribution < -0.4 is 20.1 Å². The van der Waals surface area contributed by atoms with Crippen LogP contribution >= 0.6 is 23.2 Å². The second kappa shape index (κ2) is 13.5. The molecule has 0 saturated carbocycles. The molecule has 0 spiro atoms. The maximum absolute atomic E-state index is 12.9. The average Bonchev–Trinajstić information content (AvgIpc) is 3.03. The van der Waals surface area contributed by atoms with E-state index in [9.17, 15) is 20.1 Å². The minimum absolute atomic E-state index is 0.227. The number of rotatable bonds is 8. The normalized spacial score (nSPS) is 10.2. The van der Waals surface area contributed by atoms with Gasteiger partial charge in [0.1, 0.15) is 46.3 Å². The Labute approximate surface area is 262 Å². The molecule has 44 heavy (non-hydrogen) atoms. The van der Waals surface area contributed by atoms with Crippen molar-refractivity contribution in [1.29, 1.82) is 10.5 Å². The highest BCUT2D eigenvalue weighted by molar-refractivity contribution is 6.32. The monoisotopic (exact) mass is 618 g/mol. The fraction of sp³-hybridized carbons (Fsp3) is 0. The molecule has 2 amide bonds. The van der Waals surface area contributed by atoms with Crippen LogP contribution in [-0.4, -0.2) is 11.8 Å². The summed E-state index contributed by atoms with van der Waals surface area (Å²) < 4.78 is 11.6. The van der Waals surface area contributed by atoms with E-state index in [0.717, 1.165) is 0 Å². The molecular formula is C34H20Cl2N4O4. The van der Waals surface area contributed by atoms with Crippen LogP contribution in [0.15, 0.2) is 109 Å². The summed E-state index contributed by atoms with van der Waals surface area (Å²) in [6.07, 6.45) is 0. The third-order valence-corrected chi connectivity index (χ3v) is 6.87. The summed E-state index contributed by atoms with van der Waals surface area (Å²) in [5.74, 6) is 0.738. The van der Waals surface area contributed by atoms with Crippen LogP contribution in [0.3, 0.4) is 0 Å². The molecule has 0 heterocycles. The van der Waals surface area contributed by atoms with E-state index in [2.05, 4.69) is 10.6 Å². The summed E-state index contributed by atoms with van der Waals surface area (Å²) >= 11 is 12.1. The molecule has 0 saturated heterocycles. The molecule has 214 valence electrons. The second-order valence-electron chi connectivity index (χ2n) is 9.19. The van der Waals surface area contributed by atoms with E-state index in [-0.39, 0.29) is 32.3 Å². The fourth-order valence-corrected chi connectivity index (χ4v) is 4.49. The molecule has 0 unspecified atom stereocenters. The third-order valence-electron chi connectivity index (χ3n) is 6.24. The summed E-state index contributed by atoms with van der Waals surface area (Å²) in [6, 6.07) is 33.4. The Hall–Kier alpha value is -5.80. The number of amides is 2. The van der Waals surface area contributed by atoms with Crippen LogP contribution in [0.4, 0.5) is 11.4 Å². The van der Waals surface area contributed by atoms with Gasteiger partial charge in [-0.2, -0.15) is 10.5 Å². The number of ether oxygens (including phenoxy) is 2. The quantitative estimate of drug-likeness (QED) is 0.179. The van der Waals surface area contributed by atoms with Crippen LogP contribution in [0.25, 0.3) is 0 Å². The van der Waals surface area contributed by atoms with Gasteiger partial charge in [0.05, 0.1) is 10.0 Å². The van der Waals surface area contributed by atoms with Gasteiger partial charge in [-0.3, -0.25) is 9.59 Å².